The molecule has 0 spiro atoms. The van der Waals surface area contributed by atoms with Gasteiger partial charge >= 0.3 is 0 Å². The fourth-order valence-corrected chi connectivity index (χ4v) is 3.01. The van der Waals surface area contributed by atoms with Crippen LogP contribution in [0, 0.1) is 0 Å². The number of anilines is 1. The van der Waals surface area contributed by atoms with Gasteiger partial charge in [0.25, 0.3) is 5.91 Å². The van der Waals surface area contributed by atoms with Gasteiger partial charge in [-0.15, -0.1) is 0 Å². The van der Waals surface area contributed by atoms with E-state index in [1.165, 1.54) is 16.7 Å². The second kappa shape index (κ2) is 7.94. The van der Waals surface area contributed by atoms with Gasteiger partial charge in [-0.2, -0.15) is 0 Å². The fourth-order valence-electron chi connectivity index (χ4n) is 3.01. The maximum Gasteiger partial charge on any atom is 0.269 e. The van der Waals surface area contributed by atoms with E-state index in [2.05, 4.69) is 77.5 Å². The predicted octanol–water partition coefficient (Wildman–Crippen LogP) is 5.99. The normalized spacial score (nSPS) is 11.7. The van der Waals surface area contributed by atoms with Crippen LogP contribution in [0.2, 0.25) is 0 Å². The van der Waals surface area contributed by atoms with E-state index < -0.39 is 0 Å². The molecular weight excluding hydrogens is 320 g/mol. The number of carbonyl (C=O) groups excluding carboxylic acids is 1. The smallest absolute Gasteiger partial charge is 0.269 e. The fraction of sp³-hybridized carbons (Fsp3) is 0.435. The molecule has 0 saturated heterocycles. The van der Waals surface area contributed by atoms with Crippen LogP contribution < -0.4 is 10.9 Å². The average molecular weight is 353 g/mol. The lowest BCUT2D eigenvalue weighted by Gasteiger charge is -2.21. The molecule has 0 atom stereocenters. The van der Waals surface area contributed by atoms with Gasteiger partial charge in [0.2, 0.25) is 0 Å². The summed E-state index contributed by atoms with van der Waals surface area (Å²) in [6.07, 6.45) is 0. The summed E-state index contributed by atoms with van der Waals surface area (Å²) in [7, 11) is 0. The monoisotopic (exact) mass is 352 g/mol. The standard InChI is InChI=1S/C23H32N2O/c1-15(2)19-9-8-10-20(16(3)4)21(19)24-25-22(26)17-11-13-18(14-12-17)23(5,6)7/h8-16,24H,1-7H3,(H,25,26). The van der Waals surface area contributed by atoms with Crippen molar-refractivity contribution in [3.63, 3.8) is 0 Å². The summed E-state index contributed by atoms with van der Waals surface area (Å²) in [6.45, 7) is 15.2. The van der Waals surface area contributed by atoms with Crippen molar-refractivity contribution in [2.24, 2.45) is 0 Å². The Balaban J connectivity index is 2.19. The minimum Gasteiger partial charge on any atom is -0.298 e. The zero-order valence-corrected chi connectivity index (χ0v) is 17.1. The van der Waals surface area contributed by atoms with Crippen LogP contribution in [0.3, 0.4) is 0 Å². The molecule has 0 fully saturated rings. The Hall–Kier alpha value is -2.29. The van der Waals surface area contributed by atoms with Gasteiger partial charge in [-0.05, 0) is 46.1 Å². The number of rotatable bonds is 5. The second-order valence-corrected chi connectivity index (χ2v) is 8.53. The van der Waals surface area contributed by atoms with E-state index in [-0.39, 0.29) is 11.3 Å². The molecule has 140 valence electrons. The molecule has 26 heavy (non-hydrogen) atoms. The Labute approximate surface area is 158 Å². The Morgan fingerprint density at radius 2 is 1.35 bits per heavy atom. The van der Waals surface area contributed by atoms with Crippen molar-refractivity contribution >= 4 is 11.6 Å². The molecule has 0 aromatic heterocycles. The largest absolute Gasteiger partial charge is 0.298 e. The van der Waals surface area contributed by atoms with E-state index in [4.69, 9.17) is 0 Å². The van der Waals surface area contributed by atoms with E-state index in [0.717, 1.165) is 5.69 Å². The Morgan fingerprint density at radius 3 is 1.77 bits per heavy atom. The zero-order valence-electron chi connectivity index (χ0n) is 17.1. The van der Waals surface area contributed by atoms with Crippen LogP contribution >= 0.6 is 0 Å². The van der Waals surface area contributed by atoms with Crippen LogP contribution in [-0.4, -0.2) is 5.91 Å². The van der Waals surface area contributed by atoms with Gasteiger partial charge in [-0.1, -0.05) is 78.8 Å². The molecule has 0 aliphatic rings. The number of benzene rings is 2. The van der Waals surface area contributed by atoms with Gasteiger partial charge in [-0.3, -0.25) is 15.6 Å². The molecular formula is C23H32N2O. The van der Waals surface area contributed by atoms with Crippen molar-refractivity contribution in [3.05, 3.63) is 64.7 Å². The third-order valence-corrected chi connectivity index (χ3v) is 4.69. The minimum absolute atomic E-state index is 0.0790. The first kappa shape index (κ1) is 20.0. The molecule has 0 aliphatic carbocycles. The molecule has 3 heteroatoms. The molecule has 2 N–H and O–H groups in total. The summed E-state index contributed by atoms with van der Waals surface area (Å²) >= 11 is 0. The second-order valence-electron chi connectivity index (χ2n) is 8.53. The van der Waals surface area contributed by atoms with Crippen LogP contribution in [0.4, 0.5) is 5.69 Å². The highest BCUT2D eigenvalue weighted by molar-refractivity contribution is 5.95. The summed E-state index contributed by atoms with van der Waals surface area (Å²) in [4.78, 5) is 12.6. The van der Waals surface area contributed by atoms with Crippen molar-refractivity contribution in [2.45, 2.75) is 65.7 Å². The number of hydrogen-bond donors (Lipinski definition) is 2. The Morgan fingerprint density at radius 1 is 0.846 bits per heavy atom. The summed E-state index contributed by atoms with van der Waals surface area (Å²) in [5, 5.41) is 0. The molecule has 0 saturated carbocycles. The molecule has 2 aromatic carbocycles. The molecule has 0 radical (unpaired) electrons. The third kappa shape index (κ3) is 4.66. The number of hydrogen-bond acceptors (Lipinski definition) is 2. The SMILES string of the molecule is CC(C)c1cccc(C(C)C)c1NNC(=O)c1ccc(C(C)(C)C)cc1. The van der Waals surface area contributed by atoms with E-state index in [1.807, 2.05) is 24.3 Å². The van der Waals surface area contributed by atoms with Crippen molar-refractivity contribution in [3.8, 4) is 0 Å². The maximum atomic E-state index is 12.6. The highest BCUT2D eigenvalue weighted by atomic mass is 16.2. The summed E-state index contributed by atoms with van der Waals surface area (Å²) in [6, 6.07) is 14.1. The lowest BCUT2D eigenvalue weighted by molar-refractivity contribution is 0.0962. The predicted molar refractivity (Wildman–Crippen MR) is 111 cm³/mol. The zero-order chi connectivity index (χ0) is 19.5. The summed E-state index contributed by atoms with van der Waals surface area (Å²) in [5.74, 6) is 0.622. The van der Waals surface area contributed by atoms with Crippen LogP contribution in [0.25, 0.3) is 0 Å². The lowest BCUT2D eigenvalue weighted by Crippen LogP contribution is -2.30. The highest BCUT2D eigenvalue weighted by Gasteiger charge is 2.16. The van der Waals surface area contributed by atoms with Gasteiger partial charge in [0.1, 0.15) is 0 Å². The van der Waals surface area contributed by atoms with Crippen LogP contribution in [-0.2, 0) is 5.41 Å². The van der Waals surface area contributed by atoms with E-state index in [0.29, 0.717) is 17.4 Å². The molecule has 2 rings (SSSR count). The first-order valence-corrected chi connectivity index (χ1v) is 9.41. The van der Waals surface area contributed by atoms with E-state index in [9.17, 15) is 4.79 Å². The molecule has 3 nitrogen and oxygen atoms in total. The molecule has 0 bridgehead atoms. The van der Waals surface area contributed by atoms with Gasteiger partial charge < -0.3 is 0 Å². The lowest BCUT2D eigenvalue weighted by atomic mass is 9.87. The van der Waals surface area contributed by atoms with Gasteiger partial charge in [0, 0.05) is 5.56 Å². The number of carbonyl (C=O) groups is 1. The van der Waals surface area contributed by atoms with E-state index >= 15 is 0 Å². The van der Waals surface area contributed by atoms with Gasteiger partial charge in [0.05, 0.1) is 5.69 Å². The van der Waals surface area contributed by atoms with Crippen LogP contribution in [0.15, 0.2) is 42.5 Å². The van der Waals surface area contributed by atoms with Crippen LogP contribution in [0.1, 0.15) is 87.4 Å². The van der Waals surface area contributed by atoms with Crippen molar-refractivity contribution < 1.29 is 4.79 Å². The van der Waals surface area contributed by atoms with E-state index in [1.54, 1.807) is 0 Å². The van der Waals surface area contributed by atoms with Crippen LogP contribution in [0.5, 0.6) is 0 Å². The summed E-state index contributed by atoms with van der Waals surface area (Å²) in [5.41, 5.74) is 11.4. The van der Waals surface area contributed by atoms with Crippen molar-refractivity contribution in [2.75, 3.05) is 5.43 Å². The minimum atomic E-state index is -0.126. The van der Waals surface area contributed by atoms with Gasteiger partial charge in [0.15, 0.2) is 0 Å². The highest BCUT2D eigenvalue weighted by Crippen LogP contribution is 2.31. The third-order valence-electron chi connectivity index (χ3n) is 4.69. The molecule has 0 aliphatic heterocycles. The van der Waals surface area contributed by atoms with Crippen molar-refractivity contribution in [1.82, 2.24) is 5.43 Å². The Kier molecular flexibility index (Phi) is 6.12. The molecule has 1 amide bonds. The Bertz CT molecular complexity index is 727. The quantitative estimate of drug-likeness (QED) is 0.649. The maximum absolute atomic E-state index is 12.6. The van der Waals surface area contributed by atoms with Crippen molar-refractivity contribution in [1.29, 1.82) is 0 Å². The first-order chi connectivity index (χ1) is 12.1. The number of hydrazine groups is 1. The number of para-hydroxylation sites is 1. The molecule has 0 unspecified atom stereocenters. The number of amides is 1. The summed E-state index contributed by atoms with van der Waals surface area (Å²) < 4.78 is 0. The number of nitrogens with one attached hydrogen (secondary N) is 2. The average Bonchev–Trinajstić information content (AvgIpc) is 2.58. The molecule has 0 heterocycles. The topological polar surface area (TPSA) is 41.1 Å². The first-order valence-electron chi connectivity index (χ1n) is 9.41. The van der Waals surface area contributed by atoms with Gasteiger partial charge in [-0.25, -0.2) is 0 Å². The molecule has 2 aromatic rings.